The molecule has 2 aromatic heterocycles. The Hall–Kier alpha value is -1.65. The van der Waals surface area contributed by atoms with Gasteiger partial charge in [-0.1, -0.05) is 32.0 Å². The summed E-state index contributed by atoms with van der Waals surface area (Å²) in [6, 6.07) is 11.0. The van der Waals surface area contributed by atoms with Crippen molar-refractivity contribution in [3.8, 4) is 0 Å². The standard InChI is InChI=1S/C17H21N3S/c1-3-10-20-11-9-19-17(20)16(18-4-2)15-12-13-7-5-6-8-14(13)21-15/h5-9,11-12,16,18H,3-4,10H2,1-2H3. The quantitative estimate of drug-likeness (QED) is 0.739. The van der Waals surface area contributed by atoms with Crippen molar-refractivity contribution in [2.24, 2.45) is 0 Å². The molecule has 0 spiro atoms. The van der Waals surface area contributed by atoms with Crippen LogP contribution >= 0.6 is 11.3 Å². The highest BCUT2D eigenvalue weighted by Gasteiger charge is 2.20. The van der Waals surface area contributed by atoms with E-state index < -0.39 is 0 Å². The van der Waals surface area contributed by atoms with Crippen LogP contribution in [0.15, 0.2) is 42.7 Å². The predicted molar refractivity (Wildman–Crippen MR) is 89.9 cm³/mol. The third-order valence-electron chi connectivity index (χ3n) is 3.61. The molecule has 1 unspecified atom stereocenters. The summed E-state index contributed by atoms with van der Waals surface area (Å²) in [6.07, 6.45) is 5.10. The average Bonchev–Trinajstić information content (AvgIpc) is 3.11. The first-order valence-corrected chi connectivity index (χ1v) is 8.38. The van der Waals surface area contributed by atoms with E-state index in [1.54, 1.807) is 0 Å². The van der Waals surface area contributed by atoms with Gasteiger partial charge in [0.1, 0.15) is 11.9 Å². The molecule has 4 heteroatoms. The van der Waals surface area contributed by atoms with Crippen molar-refractivity contribution in [2.75, 3.05) is 6.54 Å². The Balaban J connectivity index is 2.02. The van der Waals surface area contributed by atoms with Gasteiger partial charge in [-0.2, -0.15) is 0 Å². The minimum atomic E-state index is 0.175. The number of nitrogens with one attached hydrogen (secondary N) is 1. The van der Waals surface area contributed by atoms with E-state index in [9.17, 15) is 0 Å². The summed E-state index contributed by atoms with van der Waals surface area (Å²) in [4.78, 5) is 5.94. The average molecular weight is 299 g/mol. The summed E-state index contributed by atoms with van der Waals surface area (Å²) in [7, 11) is 0. The molecule has 0 bridgehead atoms. The molecule has 1 aromatic carbocycles. The summed E-state index contributed by atoms with van der Waals surface area (Å²) in [5.41, 5.74) is 0. The van der Waals surface area contributed by atoms with Gasteiger partial charge in [-0.05, 0) is 30.5 Å². The Kier molecular flexibility index (Phi) is 4.36. The van der Waals surface area contributed by atoms with Crippen LogP contribution in [0.5, 0.6) is 0 Å². The lowest BCUT2D eigenvalue weighted by atomic mass is 10.2. The fourth-order valence-corrected chi connectivity index (χ4v) is 3.82. The molecule has 0 aliphatic carbocycles. The number of hydrogen-bond acceptors (Lipinski definition) is 3. The Morgan fingerprint density at radius 2 is 2.14 bits per heavy atom. The maximum absolute atomic E-state index is 4.61. The van der Waals surface area contributed by atoms with Gasteiger partial charge < -0.3 is 9.88 Å². The van der Waals surface area contributed by atoms with E-state index in [0.717, 1.165) is 25.3 Å². The largest absolute Gasteiger partial charge is 0.333 e. The molecule has 0 fully saturated rings. The van der Waals surface area contributed by atoms with Crippen molar-refractivity contribution in [2.45, 2.75) is 32.9 Å². The Labute approximate surface area is 129 Å². The van der Waals surface area contributed by atoms with E-state index >= 15 is 0 Å². The van der Waals surface area contributed by atoms with Gasteiger partial charge in [-0.3, -0.25) is 0 Å². The lowest BCUT2D eigenvalue weighted by molar-refractivity contribution is 0.549. The summed E-state index contributed by atoms with van der Waals surface area (Å²) in [5, 5.41) is 4.90. The van der Waals surface area contributed by atoms with Crippen molar-refractivity contribution in [3.05, 3.63) is 53.4 Å². The zero-order valence-electron chi connectivity index (χ0n) is 12.5. The van der Waals surface area contributed by atoms with Gasteiger partial charge in [0.25, 0.3) is 0 Å². The number of aryl methyl sites for hydroxylation is 1. The lowest BCUT2D eigenvalue weighted by Gasteiger charge is -2.17. The van der Waals surface area contributed by atoms with E-state index in [4.69, 9.17) is 0 Å². The van der Waals surface area contributed by atoms with Crippen LogP contribution < -0.4 is 5.32 Å². The zero-order valence-corrected chi connectivity index (χ0v) is 13.4. The highest BCUT2D eigenvalue weighted by Crippen LogP contribution is 2.32. The van der Waals surface area contributed by atoms with Crippen molar-refractivity contribution in [3.63, 3.8) is 0 Å². The van der Waals surface area contributed by atoms with Crippen molar-refractivity contribution < 1.29 is 0 Å². The minimum Gasteiger partial charge on any atom is -0.333 e. The molecule has 110 valence electrons. The smallest absolute Gasteiger partial charge is 0.131 e. The first-order valence-electron chi connectivity index (χ1n) is 7.56. The second-order valence-corrected chi connectivity index (χ2v) is 6.27. The third-order valence-corrected chi connectivity index (χ3v) is 4.79. The fourth-order valence-electron chi connectivity index (χ4n) is 2.68. The van der Waals surface area contributed by atoms with Crippen LogP contribution in [0.1, 0.15) is 37.0 Å². The number of hydrogen-bond donors (Lipinski definition) is 1. The van der Waals surface area contributed by atoms with Crippen LogP contribution in [0.3, 0.4) is 0 Å². The molecule has 0 amide bonds. The van der Waals surface area contributed by atoms with E-state index in [-0.39, 0.29) is 6.04 Å². The number of aromatic nitrogens is 2. The number of fused-ring (bicyclic) bond motifs is 1. The summed E-state index contributed by atoms with van der Waals surface area (Å²) >= 11 is 1.85. The van der Waals surface area contributed by atoms with Crippen molar-refractivity contribution in [1.29, 1.82) is 0 Å². The second-order valence-electron chi connectivity index (χ2n) is 5.16. The Morgan fingerprint density at radius 1 is 1.29 bits per heavy atom. The Bertz CT molecular complexity index is 680. The molecular formula is C17H21N3S. The maximum Gasteiger partial charge on any atom is 0.131 e. The zero-order chi connectivity index (χ0) is 14.7. The number of nitrogens with zero attached hydrogens (tertiary/aromatic N) is 2. The lowest BCUT2D eigenvalue weighted by Crippen LogP contribution is -2.24. The molecule has 0 radical (unpaired) electrons. The molecule has 2 heterocycles. The normalized spacial score (nSPS) is 12.9. The van der Waals surface area contributed by atoms with Gasteiger partial charge >= 0.3 is 0 Å². The highest BCUT2D eigenvalue weighted by atomic mass is 32.1. The molecule has 0 saturated carbocycles. The van der Waals surface area contributed by atoms with Gasteiger partial charge in [0.15, 0.2) is 0 Å². The van der Waals surface area contributed by atoms with Crippen LogP contribution in [-0.4, -0.2) is 16.1 Å². The molecule has 0 aliphatic rings. The molecule has 3 aromatic rings. The number of imidazole rings is 1. The van der Waals surface area contributed by atoms with Gasteiger partial charge in [0, 0.05) is 28.5 Å². The van der Waals surface area contributed by atoms with Gasteiger partial charge in [0.05, 0.1) is 0 Å². The van der Waals surface area contributed by atoms with Crippen LogP contribution in [-0.2, 0) is 6.54 Å². The molecule has 0 saturated heterocycles. The number of benzene rings is 1. The Morgan fingerprint density at radius 3 is 2.90 bits per heavy atom. The van der Waals surface area contributed by atoms with E-state index in [2.05, 4.69) is 65.2 Å². The predicted octanol–water partition coefficient (Wildman–Crippen LogP) is 4.21. The molecule has 1 atom stereocenters. The topological polar surface area (TPSA) is 29.9 Å². The molecule has 3 rings (SSSR count). The van der Waals surface area contributed by atoms with Crippen molar-refractivity contribution >= 4 is 21.4 Å². The molecule has 1 N–H and O–H groups in total. The van der Waals surface area contributed by atoms with Crippen molar-refractivity contribution in [1.82, 2.24) is 14.9 Å². The fraction of sp³-hybridized carbons (Fsp3) is 0.353. The monoisotopic (exact) mass is 299 g/mol. The van der Waals surface area contributed by atoms with E-state index in [1.165, 1.54) is 15.0 Å². The number of thiophene rings is 1. The van der Waals surface area contributed by atoms with Crippen LogP contribution in [0.2, 0.25) is 0 Å². The minimum absolute atomic E-state index is 0.175. The highest BCUT2D eigenvalue weighted by molar-refractivity contribution is 7.19. The van der Waals surface area contributed by atoms with Gasteiger partial charge in [0.2, 0.25) is 0 Å². The van der Waals surface area contributed by atoms with Crippen LogP contribution in [0, 0.1) is 0 Å². The summed E-state index contributed by atoms with van der Waals surface area (Å²) in [6.45, 7) is 6.29. The third kappa shape index (κ3) is 2.87. The molecule has 21 heavy (non-hydrogen) atoms. The van der Waals surface area contributed by atoms with Gasteiger partial charge in [-0.15, -0.1) is 11.3 Å². The summed E-state index contributed by atoms with van der Waals surface area (Å²) in [5.74, 6) is 1.12. The first kappa shape index (κ1) is 14.3. The first-order chi connectivity index (χ1) is 10.3. The van der Waals surface area contributed by atoms with Crippen LogP contribution in [0.4, 0.5) is 0 Å². The van der Waals surface area contributed by atoms with E-state index in [1.807, 2.05) is 17.5 Å². The van der Waals surface area contributed by atoms with Gasteiger partial charge in [-0.25, -0.2) is 4.98 Å². The molecule has 0 aliphatic heterocycles. The van der Waals surface area contributed by atoms with E-state index in [0.29, 0.717) is 0 Å². The SMILES string of the molecule is CCCn1ccnc1C(NCC)c1cc2ccccc2s1. The molecular weight excluding hydrogens is 278 g/mol. The number of rotatable bonds is 6. The van der Waals surface area contributed by atoms with Crippen LogP contribution in [0.25, 0.3) is 10.1 Å². The molecule has 3 nitrogen and oxygen atoms in total. The summed E-state index contributed by atoms with van der Waals surface area (Å²) < 4.78 is 3.60. The maximum atomic E-state index is 4.61. The second kappa shape index (κ2) is 6.41.